The first-order valence-corrected chi connectivity index (χ1v) is 5.50. The number of amides is 1. The molecular formula is C11H10BrN3O. The van der Waals surface area contributed by atoms with Crippen LogP contribution >= 0.6 is 15.9 Å². The van der Waals surface area contributed by atoms with Crippen LogP contribution in [0.15, 0.2) is 41.8 Å². The van der Waals surface area contributed by atoms with E-state index in [1.807, 2.05) is 0 Å². The predicted molar refractivity (Wildman–Crippen MR) is 65.6 cm³/mol. The Balaban J connectivity index is 2.19. The van der Waals surface area contributed by atoms with E-state index in [0.29, 0.717) is 12.1 Å². The maximum absolute atomic E-state index is 11.7. The molecule has 0 saturated carbocycles. The second kappa shape index (κ2) is 4.49. The monoisotopic (exact) mass is 279 g/mol. The van der Waals surface area contributed by atoms with Crippen molar-refractivity contribution in [2.75, 3.05) is 6.54 Å². The van der Waals surface area contributed by atoms with Crippen LogP contribution in [0.1, 0.15) is 10.4 Å². The molecule has 0 atom stereocenters. The highest BCUT2D eigenvalue weighted by Gasteiger charge is 2.05. The highest BCUT2D eigenvalue weighted by Crippen LogP contribution is 2.05. The predicted octanol–water partition coefficient (Wildman–Crippen LogP) is 1.97. The summed E-state index contributed by atoms with van der Waals surface area (Å²) in [6.45, 7) is 4.07. The molecule has 0 spiro atoms. The fourth-order valence-corrected chi connectivity index (χ4v) is 1.47. The lowest BCUT2D eigenvalue weighted by molar-refractivity contribution is 0.0957. The number of carbonyl (C=O) groups is 1. The van der Waals surface area contributed by atoms with Crippen LogP contribution < -0.4 is 5.32 Å². The molecule has 1 N–H and O–H groups in total. The van der Waals surface area contributed by atoms with E-state index >= 15 is 0 Å². The van der Waals surface area contributed by atoms with Crippen LogP contribution in [-0.4, -0.2) is 21.8 Å². The Hall–Kier alpha value is -1.62. The molecule has 0 unspecified atom stereocenters. The summed E-state index contributed by atoms with van der Waals surface area (Å²) in [5.41, 5.74) is 1.42. The van der Waals surface area contributed by atoms with Crippen molar-refractivity contribution >= 4 is 27.5 Å². The molecule has 2 heterocycles. The van der Waals surface area contributed by atoms with E-state index in [2.05, 4.69) is 32.8 Å². The van der Waals surface area contributed by atoms with E-state index in [0.717, 1.165) is 10.1 Å². The summed E-state index contributed by atoms with van der Waals surface area (Å²) < 4.78 is 2.54. The number of carbonyl (C=O) groups excluding carboxylic acids is 1. The minimum atomic E-state index is -0.129. The molecule has 0 radical (unpaired) electrons. The van der Waals surface area contributed by atoms with Gasteiger partial charge in [0.2, 0.25) is 0 Å². The molecule has 5 heteroatoms. The van der Waals surface area contributed by atoms with Gasteiger partial charge in [-0.15, -0.1) is 0 Å². The number of imidazole rings is 1. The normalized spacial score (nSPS) is 10.3. The molecule has 16 heavy (non-hydrogen) atoms. The molecule has 4 nitrogen and oxygen atoms in total. The molecular weight excluding hydrogens is 270 g/mol. The SMILES string of the molecule is C=C(Br)CNC(=O)c1ccc2nccn2c1. The van der Waals surface area contributed by atoms with Crippen molar-refractivity contribution < 1.29 is 4.79 Å². The van der Waals surface area contributed by atoms with E-state index in [9.17, 15) is 4.79 Å². The second-order valence-electron chi connectivity index (χ2n) is 3.31. The number of nitrogens with one attached hydrogen (secondary N) is 1. The molecule has 0 fully saturated rings. The third-order valence-electron chi connectivity index (χ3n) is 2.09. The van der Waals surface area contributed by atoms with Gasteiger partial charge in [-0.25, -0.2) is 4.98 Å². The summed E-state index contributed by atoms with van der Waals surface area (Å²) in [6, 6.07) is 3.55. The molecule has 0 saturated heterocycles. The lowest BCUT2D eigenvalue weighted by Crippen LogP contribution is -2.24. The summed E-state index contributed by atoms with van der Waals surface area (Å²) >= 11 is 3.18. The number of nitrogens with zero attached hydrogens (tertiary/aromatic N) is 2. The van der Waals surface area contributed by atoms with E-state index in [1.165, 1.54) is 0 Å². The number of fused-ring (bicyclic) bond motifs is 1. The zero-order chi connectivity index (χ0) is 11.5. The quantitative estimate of drug-likeness (QED) is 0.934. The Morgan fingerprint density at radius 2 is 2.38 bits per heavy atom. The highest BCUT2D eigenvalue weighted by molar-refractivity contribution is 9.11. The maximum Gasteiger partial charge on any atom is 0.253 e. The van der Waals surface area contributed by atoms with E-state index in [1.54, 1.807) is 35.1 Å². The van der Waals surface area contributed by atoms with Crippen LogP contribution in [0.3, 0.4) is 0 Å². The van der Waals surface area contributed by atoms with Crippen LogP contribution in [0.4, 0.5) is 0 Å². The van der Waals surface area contributed by atoms with Gasteiger partial charge in [-0.1, -0.05) is 22.5 Å². The molecule has 0 bridgehead atoms. The Bertz CT molecular complexity index is 547. The molecule has 0 aromatic carbocycles. The van der Waals surface area contributed by atoms with Gasteiger partial charge in [0.25, 0.3) is 5.91 Å². The smallest absolute Gasteiger partial charge is 0.253 e. The fraction of sp³-hybridized carbons (Fsp3) is 0.0909. The standard InChI is InChI=1S/C11H10BrN3O/c1-8(12)6-14-11(16)9-2-3-10-13-4-5-15(10)7-9/h2-5,7H,1,6H2,(H,14,16). The second-order valence-corrected chi connectivity index (χ2v) is 4.43. The van der Waals surface area contributed by atoms with Crippen molar-refractivity contribution in [3.8, 4) is 0 Å². The van der Waals surface area contributed by atoms with Gasteiger partial charge < -0.3 is 9.72 Å². The zero-order valence-electron chi connectivity index (χ0n) is 8.48. The third kappa shape index (κ3) is 2.30. The van der Waals surface area contributed by atoms with Crippen molar-refractivity contribution in [3.63, 3.8) is 0 Å². The minimum absolute atomic E-state index is 0.129. The Morgan fingerprint density at radius 3 is 3.12 bits per heavy atom. The van der Waals surface area contributed by atoms with Crippen LogP contribution in [0.5, 0.6) is 0 Å². The Morgan fingerprint density at radius 1 is 1.56 bits per heavy atom. The average Bonchev–Trinajstić information content (AvgIpc) is 2.72. The Kier molecular flexibility index (Phi) is 3.05. The van der Waals surface area contributed by atoms with Gasteiger partial charge in [-0.3, -0.25) is 4.79 Å². The van der Waals surface area contributed by atoms with Crippen molar-refractivity contribution in [1.82, 2.24) is 14.7 Å². The van der Waals surface area contributed by atoms with Crippen molar-refractivity contribution in [2.45, 2.75) is 0 Å². The molecule has 1 amide bonds. The first kappa shape index (κ1) is 10.9. The van der Waals surface area contributed by atoms with Gasteiger partial charge in [0.1, 0.15) is 5.65 Å². The van der Waals surface area contributed by atoms with Crippen molar-refractivity contribution in [1.29, 1.82) is 0 Å². The van der Waals surface area contributed by atoms with Gasteiger partial charge in [-0.2, -0.15) is 0 Å². The summed E-state index contributed by atoms with van der Waals surface area (Å²) in [6.07, 6.45) is 5.24. The van der Waals surface area contributed by atoms with Gasteiger partial charge in [-0.05, 0) is 12.1 Å². The molecule has 0 aliphatic rings. The number of rotatable bonds is 3. The largest absolute Gasteiger partial charge is 0.347 e. The lowest BCUT2D eigenvalue weighted by atomic mass is 10.2. The number of pyridine rings is 1. The maximum atomic E-state index is 11.7. The van der Waals surface area contributed by atoms with Gasteiger partial charge in [0, 0.05) is 29.6 Å². The molecule has 82 valence electrons. The topological polar surface area (TPSA) is 46.4 Å². The van der Waals surface area contributed by atoms with Gasteiger partial charge in [0.05, 0.1) is 5.56 Å². The molecule has 2 aromatic heterocycles. The van der Waals surface area contributed by atoms with Crippen LogP contribution in [0, 0.1) is 0 Å². The zero-order valence-corrected chi connectivity index (χ0v) is 10.1. The number of aromatic nitrogens is 2. The molecule has 0 aliphatic carbocycles. The summed E-state index contributed by atoms with van der Waals surface area (Å²) in [4.78, 5) is 15.8. The van der Waals surface area contributed by atoms with Crippen LogP contribution in [0.25, 0.3) is 5.65 Å². The number of hydrogen-bond donors (Lipinski definition) is 1. The lowest BCUT2D eigenvalue weighted by Gasteiger charge is -2.04. The first-order valence-electron chi connectivity index (χ1n) is 4.71. The summed E-state index contributed by atoms with van der Waals surface area (Å²) in [7, 11) is 0. The van der Waals surface area contributed by atoms with Crippen molar-refractivity contribution in [2.24, 2.45) is 0 Å². The Labute approximate surface area is 101 Å². The minimum Gasteiger partial charge on any atom is -0.347 e. The van der Waals surface area contributed by atoms with Crippen molar-refractivity contribution in [3.05, 3.63) is 47.3 Å². The van der Waals surface area contributed by atoms with E-state index in [-0.39, 0.29) is 5.91 Å². The van der Waals surface area contributed by atoms with Crippen LogP contribution in [0.2, 0.25) is 0 Å². The highest BCUT2D eigenvalue weighted by atomic mass is 79.9. The molecule has 0 aliphatic heterocycles. The fourth-order valence-electron chi connectivity index (χ4n) is 1.33. The number of hydrogen-bond acceptors (Lipinski definition) is 2. The average molecular weight is 280 g/mol. The summed E-state index contributed by atoms with van der Waals surface area (Å²) in [5.74, 6) is -0.129. The van der Waals surface area contributed by atoms with Gasteiger partial charge >= 0.3 is 0 Å². The molecule has 2 rings (SSSR count). The molecule has 2 aromatic rings. The van der Waals surface area contributed by atoms with Gasteiger partial charge in [0.15, 0.2) is 0 Å². The van der Waals surface area contributed by atoms with E-state index in [4.69, 9.17) is 0 Å². The summed E-state index contributed by atoms with van der Waals surface area (Å²) in [5, 5.41) is 2.74. The van der Waals surface area contributed by atoms with E-state index < -0.39 is 0 Å². The third-order valence-corrected chi connectivity index (χ3v) is 2.37. The first-order chi connectivity index (χ1) is 7.66. The van der Waals surface area contributed by atoms with Crippen LogP contribution in [-0.2, 0) is 0 Å². The number of halogens is 1.